The first-order chi connectivity index (χ1) is 11.2. The zero-order valence-corrected chi connectivity index (χ0v) is 13.6. The molecule has 3 rings (SSSR count). The second-order valence-electron chi connectivity index (χ2n) is 4.72. The van der Waals surface area contributed by atoms with Gasteiger partial charge in [-0.15, -0.1) is 0 Å². The smallest absolute Gasteiger partial charge is 0.210 e. The highest BCUT2D eigenvalue weighted by Gasteiger charge is 2.07. The zero-order valence-electron chi connectivity index (χ0n) is 12.8. The Morgan fingerprint density at radius 1 is 1.30 bits per heavy atom. The van der Waals surface area contributed by atoms with E-state index in [1.54, 1.807) is 24.4 Å². The first-order valence-electron chi connectivity index (χ1n) is 7.14. The van der Waals surface area contributed by atoms with Crippen LogP contribution in [0.15, 0.2) is 41.4 Å². The van der Waals surface area contributed by atoms with E-state index in [4.69, 9.17) is 9.47 Å². The van der Waals surface area contributed by atoms with Gasteiger partial charge in [0.25, 0.3) is 0 Å². The van der Waals surface area contributed by atoms with E-state index in [-0.39, 0.29) is 5.75 Å². The number of phenols is 1. The molecule has 0 radical (unpaired) electrons. The predicted octanol–water partition coefficient (Wildman–Crippen LogP) is 4.16. The maximum atomic E-state index is 10.1. The molecule has 0 fully saturated rings. The molecule has 0 spiro atoms. The lowest BCUT2D eigenvalue weighted by Crippen LogP contribution is -1.89. The molecule has 0 bridgehead atoms. The molecule has 0 saturated carbocycles. The van der Waals surface area contributed by atoms with Crippen molar-refractivity contribution in [3.05, 3.63) is 42.0 Å². The van der Waals surface area contributed by atoms with Crippen LogP contribution in [0, 0.1) is 0 Å². The fraction of sp³-hybridized carbons (Fsp3) is 0.176. The lowest BCUT2D eigenvalue weighted by Gasteiger charge is -2.04. The fourth-order valence-electron chi connectivity index (χ4n) is 2.14. The number of rotatable bonds is 5. The molecule has 0 atom stereocenters. The third-order valence-electron chi connectivity index (χ3n) is 3.22. The number of hydrogen-bond acceptors (Lipinski definition) is 6. The van der Waals surface area contributed by atoms with Crippen LogP contribution in [0.3, 0.4) is 0 Å². The quantitative estimate of drug-likeness (QED) is 0.714. The normalized spacial score (nSPS) is 11.2. The highest BCUT2D eigenvalue weighted by molar-refractivity contribution is 7.22. The van der Waals surface area contributed by atoms with Gasteiger partial charge in [0.15, 0.2) is 11.5 Å². The Hall–Kier alpha value is -2.60. The molecular formula is C17H16N2O3S. The Kier molecular flexibility index (Phi) is 4.43. The average molecular weight is 328 g/mol. The number of aliphatic imine (C=N–C) groups is 1. The molecule has 6 heteroatoms. The van der Waals surface area contributed by atoms with Crippen LogP contribution in [-0.4, -0.2) is 30.0 Å². The van der Waals surface area contributed by atoms with E-state index in [0.29, 0.717) is 23.1 Å². The number of thiazole rings is 1. The molecule has 0 aliphatic carbocycles. The molecule has 0 amide bonds. The summed E-state index contributed by atoms with van der Waals surface area (Å²) in [7, 11) is 1.51. The van der Waals surface area contributed by atoms with E-state index >= 15 is 0 Å². The summed E-state index contributed by atoms with van der Waals surface area (Å²) < 4.78 is 11.6. The first kappa shape index (κ1) is 15.3. The number of aromatic nitrogens is 1. The van der Waals surface area contributed by atoms with Crippen LogP contribution >= 0.6 is 11.3 Å². The summed E-state index contributed by atoms with van der Waals surface area (Å²) in [5.41, 5.74) is 1.46. The molecule has 0 aliphatic rings. The van der Waals surface area contributed by atoms with Crippen molar-refractivity contribution in [3.8, 4) is 17.2 Å². The molecule has 0 saturated heterocycles. The molecule has 23 heavy (non-hydrogen) atoms. The van der Waals surface area contributed by atoms with E-state index in [2.05, 4.69) is 9.98 Å². The van der Waals surface area contributed by atoms with Crippen LogP contribution in [0.1, 0.15) is 12.5 Å². The summed E-state index contributed by atoms with van der Waals surface area (Å²) in [6.07, 6.45) is 1.58. The number of ether oxygens (including phenoxy) is 2. The van der Waals surface area contributed by atoms with Crippen molar-refractivity contribution in [2.75, 3.05) is 13.7 Å². The number of aromatic hydroxyl groups is 1. The van der Waals surface area contributed by atoms with Gasteiger partial charge in [-0.3, -0.25) is 0 Å². The number of hydrogen-bond donors (Lipinski definition) is 1. The molecule has 1 aromatic heterocycles. The van der Waals surface area contributed by atoms with Gasteiger partial charge < -0.3 is 14.6 Å². The molecule has 1 N–H and O–H groups in total. The van der Waals surface area contributed by atoms with Crippen LogP contribution in [0.25, 0.3) is 10.2 Å². The molecule has 3 aromatic rings. The summed E-state index contributed by atoms with van der Waals surface area (Å²) in [5.74, 6) is 1.31. The number of benzene rings is 2. The third-order valence-corrected chi connectivity index (χ3v) is 4.15. The van der Waals surface area contributed by atoms with Crippen molar-refractivity contribution < 1.29 is 14.6 Å². The minimum absolute atomic E-state index is 0.0680. The van der Waals surface area contributed by atoms with Crippen molar-refractivity contribution in [2.45, 2.75) is 6.92 Å². The largest absolute Gasteiger partial charge is 0.504 e. The maximum Gasteiger partial charge on any atom is 0.210 e. The molecule has 0 aliphatic heterocycles. The van der Waals surface area contributed by atoms with Gasteiger partial charge in [0.05, 0.1) is 23.9 Å². The standard InChI is InChI=1S/C17H16N2O3S/c1-3-22-12-7-8-13-15(9-12)23-17(19-13)18-10-11-5-4-6-14(21-2)16(11)20/h4-10,20H,3H2,1-2H3/b18-10+. The first-order valence-corrected chi connectivity index (χ1v) is 7.96. The molecular weight excluding hydrogens is 312 g/mol. The Labute approximate surface area is 137 Å². The summed E-state index contributed by atoms with van der Waals surface area (Å²) in [5, 5.41) is 10.7. The maximum absolute atomic E-state index is 10.1. The predicted molar refractivity (Wildman–Crippen MR) is 92.7 cm³/mol. The zero-order chi connectivity index (χ0) is 16.2. The molecule has 2 aromatic carbocycles. The van der Waals surface area contributed by atoms with Crippen molar-refractivity contribution in [1.29, 1.82) is 0 Å². The number of methoxy groups -OCH3 is 1. The van der Waals surface area contributed by atoms with E-state index < -0.39 is 0 Å². The van der Waals surface area contributed by atoms with Crippen LogP contribution in [0.4, 0.5) is 5.13 Å². The summed E-state index contributed by atoms with van der Waals surface area (Å²) in [4.78, 5) is 8.81. The number of para-hydroxylation sites is 1. The number of phenolic OH excluding ortho intramolecular Hbond substituents is 1. The summed E-state index contributed by atoms with van der Waals surface area (Å²) in [6.45, 7) is 2.58. The average Bonchev–Trinajstić information content (AvgIpc) is 2.96. The Morgan fingerprint density at radius 3 is 2.96 bits per heavy atom. The number of nitrogens with zero attached hydrogens (tertiary/aromatic N) is 2. The lowest BCUT2D eigenvalue weighted by atomic mass is 10.2. The lowest BCUT2D eigenvalue weighted by molar-refractivity contribution is 0.341. The Balaban J connectivity index is 1.89. The van der Waals surface area contributed by atoms with Crippen molar-refractivity contribution in [2.24, 2.45) is 4.99 Å². The monoisotopic (exact) mass is 328 g/mol. The number of fused-ring (bicyclic) bond motifs is 1. The fourth-order valence-corrected chi connectivity index (χ4v) is 2.98. The second-order valence-corrected chi connectivity index (χ2v) is 5.72. The second kappa shape index (κ2) is 6.66. The highest BCUT2D eigenvalue weighted by atomic mass is 32.1. The van der Waals surface area contributed by atoms with E-state index in [9.17, 15) is 5.11 Å². The molecule has 0 unspecified atom stereocenters. The minimum atomic E-state index is 0.0680. The molecule has 118 valence electrons. The Bertz CT molecular complexity index is 858. The van der Waals surface area contributed by atoms with Crippen molar-refractivity contribution in [3.63, 3.8) is 0 Å². The van der Waals surface area contributed by atoms with Crippen molar-refractivity contribution in [1.82, 2.24) is 4.98 Å². The van der Waals surface area contributed by atoms with E-state index in [1.807, 2.05) is 25.1 Å². The van der Waals surface area contributed by atoms with Crippen molar-refractivity contribution >= 4 is 32.9 Å². The van der Waals surface area contributed by atoms with Gasteiger partial charge in [0.2, 0.25) is 5.13 Å². The van der Waals surface area contributed by atoms with Gasteiger partial charge >= 0.3 is 0 Å². The van der Waals surface area contributed by atoms with Crippen LogP contribution in [-0.2, 0) is 0 Å². The van der Waals surface area contributed by atoms with Crippen LogP contribution in [0.2, 0.25) is 0 Å². The van der Waals surface area contributed by atoms with Gasteiger partial charge in [0.1, 0.15) is 5.75 Å². The highest BCUT2D eigenvalue weighted by Crippen LogP contribution is 2.32. The van der Waals surface area contributed by atoms with Crippen LogP contribution < -0.4 is 9.47 Å². The van der Waals surface area contributed by atoms with Gasteiger partial charge in [-0.1, -0.05) is 17.4 Å². The SMILES string of the molecule is CCOc1ccc2nc(/N=C/c3cccc(OC)c3O)sc2c1. The van der Waals surface area contributed by atoms with E-state index in [0.717, 1.165) is 16.0 Å². The topological polar surface area (TPSA) is 63.9 Å². The van der Waals surface area contributed by atoms with Gasteiger partial charge in [0, 0.05) is 11.8 Å². The van der Waals surface area contributed by atoms with Gasteiger partial charge in [-0.25, -0.2) is 9.98 Å². The van der Waals surface area contributed by atoms with E-state index in [1.165, 1.54) is 18.4 Å². The molecule has 5 nitrogen and oxygen atoms in total. The van der Waals surface area contributed by atoms with Gasteiger partial charge in [-0.2, -0.15) is 0 Å². The Morgan fingerprint density at radius 2 is 2.17 bits per heavy atom. The molecule has 1 heterocycles. The third kappa shape index (κ3) is 3.27. The van der Waals surface area contributed by atoms with Crippen LogP contribution in [0.5, 0.6) is 17.2 Å². The minimum Gasteiger partial charge on any atom is -0.504 e. The summed E-state index contributed by atoms with van der Waals surface area (Å²) >= 11 is 1.47. The van der Waals surface area contributed by atoms with Gasteiger partial charge in [-0.05, 0) is 37.3 Å². The summed E-state index contributed by atoms with van der Waals surface area (Å²) in [6, 6.07) is 11.0.